The predicted molar refractivity (Wildman–Crippen MR) is 85.9 cm³/mol. The summed E-state index contributed by atoms with van der Waals surface area (Å²) in [5.74, 6) is -0.0112. The van der Waals surface area contributed by atoms with Crippen LogP contribution in [0.4, 0.5) is 0 Å². The van der Waals surface area contributed by atoms with Gasteiger partial charge in [-0.2, -0.15) is 0 Å². The zero-order chi connectivity index (χ0) is 13.9. The molecular formula is C16H21ClN2O. The van der Waals surface area contributed by atoms with Gasteiger partial charge in [0, 0.05) is 13.1 Å². The molecule has 0 spiro atoms. The topological polar surface area (TPSA) is 55.1 Å². The van der Waals surface area contributed by atoms with Crippen LogP contribution in [-0.2, 0) is 11.3 Å². The first-order chi connectivity index (χ1) is 9.04. The second kappa shape index (κ2) is 6.73. The van der Waals surface area contributed by atoms with Crippen molar-refractivity contribution in [2.24, 2.45) is 11.1 Å². The van der Waals surface area contributed by atoms with Crippen molar-refractivity contribution in [3.8, 4) is 0 Å². The monoisotopic (exact) mass is 292 g/mol. The zero-order valence-corrected chi connectivity index (χ0v) is 12.7. The van der Waals surface area contributed by atoms with Gasteiger partial charge in [0.15, 0.2) is 0 Å². The van der Waals surface area contributed by atoms with Gasteiger partial charge in [-0.25, -0.2) is 0 Å². The van der Waals surface area contributed by atoms with Crippen molar-refractivity contribution in [1.82, 2.24) is 5.32 Å². The molecule has 0 saturated carbocycles. The normalized spacial score (nSPS) is 10.9. The molecule has 0 aliphatic carbocycles. The van der Waals surface area contributed by atoms with Crippen LogP contribution in [-0.4, -0.2) is 12.5 Å². The van der Waals surface area contributed by atoms with E-state index in [0.717, 1.165) is 5.56 Å². The molecule has 0 aromatic heterocycles. The standard InChI is InChI=1S/C16H20N2O.ClH/c1-16(2,11-17)15(19)18-10-13-8-5-7-12-6-3-4-9-14(12)13;/h3-9H,10-11,17H2,1-2H3,(H,18,19);1H. The molecule has 3 nitrogen and oxygen atoms in total. The zero-order valence-electron chi connectivity index (χ0n) is 11.8. The van der Waals surface area contributed by atoms with Gasteiger partial charge < -0.3 is 11.1 Å². The van der Waals surface area contributed by atoms with Crippen LogP contribution in [0.15, 0.2) is 42.5 Å². The fraction of sp³-hybridized carbons (Fsp3) is 0.312. The van der Waals surface area contributed by atoms with E-state index in [0.29, 0.717) is 13.1 Å². The molecule has 0 saturated heterocycles. The molecule has 2 aromatic rings. The van der Waals surface area contributed by atoms with Gasteiger partial charge in [-0.1, -0.05) is 42.5 Å². The lowest BCUT2D eigenvalue weighted by molar-refractivity contribution is -0.129. The highest BCUT2D eigenvalue weighted by molar-refractivity contribution is 5.87. The third-order valence-corrected chi connectivity index (χ3v) is 3.44. The third kappa shape index (κ3) is 3.50. The van der Waals surface area contributed by atoms with E-state index in [2.05, 4.69) is 23.5 Å². The van der Waals surface area contributed by atoms with E-state index >= 15 is 0 Å². The minimum absolute atomic E-state index is 0. The van der Waals surface area contributed by atoms with Crippen molar-refractivity contribution in [2.45, 2.75) is 20.4 Å². The maximum absolute atomic E-state index is 12.0. The summed E-state index contributed by atoms with van der Waals surface area (Å²) < 4.78 is 0. The number of hydrogen-bond donors (Lipinski definition) is 2. The summed E-state index contributed by atoms with van der Waals surface area (Å²) in [6.45, 7) is 4.58. The quantitative estimate of drug-likeness (QED) is 0.910. The number of amides is 1. The molecule has 0 aliphatic heterocycles. The summed E-state index contributed by atoms with van der Waals surface area (Å²) >= 11 is 0. The van der Waals surface area contributed by atoms with Crippen LogP contribution in [0.5, 0.6) is 0 Å². The average Bonchev–Trinajstić information content (AvgIpc) is 2.44. The van der Waals surface area contributed by atoms with E-state index in [1.165, 1.54) is 10.8 Å². The number of rotatable bonds is 4. The van der Waals surface area contributed by atoms with Gasteiger partial charge in [0.05, 0.1) is 5.41 Å². The molecular weight excluding hydrogens is 272 g/mol. The van der Waals surface area contributed by atoms with Crippen molar-refractivity contribution < 1.29 is 4.79 Å². The van der Waals surface area contributed by atoms with Gasteiger partial charge in [0.25, 0.3) is 0 Å². The van der Waals surface area contributed by atoms with Gasteiger partial charge in [0.2, 0.25) is 5.91 Å². The summed E-state index contributed by atoms with van der Waals surface area (Å²) in [4.78, 5) is 12.0. The Morgan fingerprint density at radius 2 is 1.80 bits per heavy atom. The van der Waals surface area contributed by atoms with Gasteiger partial charge in [0.1, 0.15) is 0 Å². The van der Waals surface area contributed by atoms with E-state index in [9.17, 15) is 4.79 Å². The molecule has 0 unspecified atom stereocenters. The van der Waals surface area contributed by atoms with Crippen LogP contribution < -0.4 is 11.1 Å². The number of halogens is 1. The second-order valence-corrected chi connectivity index (χ2v) is 5.41. The summed E-state index contributed by atoms with van der Waals surface area (Å²) in [6.07, 6.45) is 0. The van der Waals surface area contributed by atoms with Crippen molar-refractivity contribution in [2.75, 3.05) is 6.54 Å². The molecule has 0 atom stereocenters. The summed E-state index contributed by atoms with van der Waals surface area (Å²) in [6, 6.07) is 14.3. The number of nitrogens with one attached hydrogen (secondary N) is 1. The molecule has 0 bridgehead atoms. The Bertz CT molecular complexity index is 591. The largest absolute Gasteiger partial charge is 0.351 e. The number of carbonyl (C=O) groups excluding carboxylic acids is 1. The molecule has 0 heterocycles. The van der Waals surface area contributed by atoms with E-state index in [4.69, 9.17) is 5.73 Å². The minimum atomic E-state index is -0.523. The van der Waals surface area contributed by atoms with Gasteiger partial charge in [-0.05, 0) is 30.2 Å². The lowest BCUT2D eigenvalue weighted by Crippen LogP contribution is -2.41. The van der Waals surface area contributed by atoms with Crippen molar-refractivity contribution in [1.29, 1.82) is 0 Å². The van der Waals surface area contributed by atoms with E-state index in [1.54, 1.807) is 0 Å². The smallest absolute Gasteiger partial charge is 0.227 e. The van der Waals surface area contributed by atoms with E-state index < -0.39 is 5.41 Å². The Hall–Kier alpha value is -1.58. The van der Waals surface area contributed by atoms with Gasteiger partial charge in [-0.3, -0.25) is 4.79 Å². The number of benzene rings is 2. The van der Waals surface area contributed by atoms with Crippen molar-refractivity contribution >= 4 is 29.1 Å². The molecule has 2 aromatic carbocycles. The lowest BCUT2D eigenvalue weighted by atomic mass is 9.92. The summed E-state index contributed by atoms with van der Waals surface area (Å²) in [5.41, 5.74) is 6.21. The van der Waals surface area contributed by atoms with Crippen LogP contribution in [0, 0.1) is 5.41 Å². The summed E-state index contributed by atoms with van der Waals surface area (Å²) in [5, 5.41) is 5.33. The average molecular weight is 293 g/mol. The molecule has 0 radical (unpaired) electrons. The van der Waals surface area contributed by atoms with E-state index in [1.807, 2.05) is 38.1 Å². The van der Waals surface area contributed by atoms with Crippen molar-refractivity contribution in [3.05, 3.63) is 48.0 Å². The fourth-order valence-electron chi connectivity index (χ4n) is 1.95. The Labute approximate surface area is 126 Å². The molecule has 0 aliphatic rings. The van der Waals surface area contributed by atoms with Gasteiger partial charge in [-0.15, -0.1) is 12.4 Å². The van der Waals surface area contributed by atoms with Crippen LogP contribution >= 0.6 is 12.4 Å². The maximum Gasteiger partial charge on any atom is 0.227 e. The highest BCUT2D eigenvalue weighted by atomic mass is 35.5. The molecule has 108 valence electrons. The van der Waals surface area contributed by atoms with Crippen LogP contribution in [0.2, 0.25) is 0 Å². The predicted octanol–water partition coefficient (Wildman–Crippen LogP) is 2.86. The van der Waals surface area contributed by atoms with Gasteiger partial charge >= 0.3 is 0 Å². The molecule has 0 fully saturated rings. The first kappa shape index (κ1) is 16.5. The Morgan fingerprint density at radius 1 is 1.15 bits per heavy atom. The van der Waals surface area contributed by atoms with Crippen LogP contribution in [0.1, 0.15) is 19.4 Å². The first-order valence-electron chi connectivity index (χ1n) is 6.49. The SMILES string of the molecule is CC(C)(CN)C(=O)NCc1cccc2ccccc12.Cl. The van der Waals surface area contributed by atoms with Crippen LogP contribution in [0.3, 0.4) is 0 Å². The molecule has 4 heteroatoms. The number of nitrogens with two attached hydrogens (primary N) is 1. The lowest BCUT2D eigenvalue weighted by Gasteiger charge is -2.21. The third-order valence-electron chi connectivity index (χ3n) is 3.44. The number of carbonyl (C=O) groups is 1. The molecule has 20 heavy (non-hydrogen) atoms. The Morgan fingerprint density at radius 3 is 2.50 bits per heavy atom. The minimum Gasteiger partial charge on any atom is -0.351 e. The van der Waals surface area contributed by atoms with E-state index in [-0.39, 0.29) is 18.3 Å². The highest BCUT2D eigenvalue weighted by Crippen LogP contribution is 2.19. The van der Waals surface area contributed by atoms with Crippen molar-refractivity contribution in [3.63, 3.8) is 0 Å². The first-order valence-corrected chi connectivity index (χ1v) is 6.49. The fourth-order valence-corrected chi connectivity index (χ4v) is 1.95. The maximum atomic E-state index is 12.0. The molecule has 2 rings (SSSR count). The van der Waals surface area contributed by atoms with Crippen LogP contribution in [0.25, 0.3) is 10.8 Å². The number of fused-ring (bicyclic) bond motifs is 1. The highest BCUT2D eigenvalue weighted by Gasteiger charge is 2.25. The second-order valence-electron chi connectivity index (χ2n) is 5.41. The molecule has 3 N–H and O–H groups in total. The number of hydrogen-bond acceptors (Lipinski definition) is 2. The Kier molecular flexibility index (Phi) is 5.54. The Balaban J connectivity index is 0.00000200. The summed E-state index contributed by atoms with van der Waals surface area (Å²) in [7, 11) is 0. The molecule has 1 amide bonds.